The van der Waals surface area contributed by atoms with Crippen LogP contribution in [0, 0.1) is 5.82 Å². The number of hydrogen-bond donors (Lipinski definition) is 1. The number of nitrogens with one attached hydrogen (secondary N) is 1. The Hall–Kier alpha value is -3.24. The van der Waals surface area contributed by atoms with E-state index in [-0.39, 0.29) is 22.2 Å². The van der Waals surface area contributed by atoms with Gasteiger partial charge < -0.3 is 10.1 Å². The minimum absolute atomic E-state index is 0.0494. The molecule has 0 aliphatic heterocycles. The lowest BCUT2D eigenvalue weighted by atomic mass is 9.95. The first kappa shape index (κ1) is 22.9. The standard InChI is InChI=1S/C23H25FN4O4S/c1-27(2)33(30,31)21-14-16(10-13-20(21)32-3)25-23(29)22-18-6-4-5-7-19(18)28(26-22)17-11-8-15(24)9-12-17/h8-14H,4-7H2,1-3H3,(H,25,29). The lowest BCUT2D eigenvalue weighted by Gasteiger charge is -2.16. The smallest absolute Gasteiger partial charge is 0.276 e. The number of aromatic nitrogens is 2. The van der Waals surface area contributed by atoms with Crippen LogP contribution in [-0.2, 0) is 22.9 Å². The van der Waals surface area contributed by atoms with E-state index in [1.807, 2.05) is 0 Å². The van der Waals surface area contributed by atoms with Gasteiger partial charge in [-0.1, -0.05) is 0 Å². The zero-order valence-electron chi connectivity index (χ0n) is 18.6. The number of amides is 1. The lowest BCUT2D eigenvalue weighted by molar-refractivity contribution is 0.102. The van der Waals surface area contributed by atoms with Crippen LogP contribution in [0.25, 0.3) is 5.69 Å². The van der Waals surface area contributed by atoms with Crippen LogP contribution in [0.4, 0.5) is 10.1 Å². The largest absolute Gasteiger partial charge is 0.495 e. The highest BCUT2D eigenvalue weighted by molar-refractivity contribution is 7.89. The molecule has 10 heteroatoms. The van der Waals surface area contributed by atoms with Gasteiger partial charge in [0.2, 0.25) is 10.0 Å². The fraction of sp³-hybridized carbons (Fsp3) is 0.304. The van der Waals surface area contributed by atoms with Crippen molar-refractivity contribution in [3.05, 3.63) is 65.2 Å². The summed E-state index contributed by atoms with van der Waals surface area (Å²) in [7, 11) is 0.450. The molecule has 0 spiro atoms. The molecule has 1 amide bonds. The molecule has 1 aliphatic carbocycles. The maximum absolute atomic E-state index is 13.4. The molecule has 33 heavy (non-hydrogen) atoms. The van der Waals surface area contributed by atoms with Crippen molar-refractivity contribution in [1.82, 2.24) is 14.1 Å². The molecule has 1 aromatic heterocycles. The zero-order chi connectivity index (χ0) is 23.8. The first-order chi connectivity index (χ1) is 15.7. The number of rotatable bonds is 6. The maximum Gasteiger partial charge on any atom is 0.276 e. The van der Waals surface area contributed by atoms with Crippen LogP contribution in [0.1, 0.15) is 34.6 Å². The Morgan fingerprint density at radius 1 is 1.12 bits per heavy atom. The quantitative estimate of drug-likeness (QED) is 0.594. The summed E-state index contributed by atoms with van der Waals surface area (Å²) in [5.41, 5.74) is 3.06. The molecule has 2 aromatic carbocycles. The van der Waals surface area contributed by atoms with Gasteiger partial charge in [0.15, 0.2) is 5.69 Å². The second-order valence-corrected chi connectivity index (χ2v) is 10.1. The second-order valence-electron chi connectivity index (χ2n) is 7.98. The number of carbonyl (C=O) groups is 1. The maximum atomic E-state index is 13.4. The summed E-state index contributed by atoms with van der Waals surface area (Å²) in [6, 6.07) is 10.4. The second kappa shape index (κ2) is 8.95. The van der Waals surface area contributed by atoms with Crippen molar-refractivity contribution in [2.75, 3.05) is 26.5 Å². The van der Waals surface area contributed by atoms with E-state index in [0.717, 1.165) is 34.8 Å². The van der Waals surface area contributed by atoms with E-state index in [0.29, 0.717) is 17.8 Å². The van der Waals surface area contributed by atoms with Gasteiger partial charge in [-0.15, -0.1) is 0 Å². The molecule has 0 atom stereocenters. The van der Waals surface area contributed by atoms with Crippen LogP contribution in [0.15, 0.2) is 47.4 Å². The van der Waals surface area contributed by atoms with E-state index in [9.17, 15) is 17.6 Å². The third-order valence-corrected chi connectivity index (χ3v) is 7.48. The fourth-order valence-corrected chi connectivity index (χ4v) is 5.00. The van der Waals surface area contributed by atoms with Gasteiger partial charge in [0.05, 0.1) is 12.8 Å². The summed E-state index contributed by atoms with van der Waals surface area (Å²) in [6.07, 6.45) is 3.39. The lowest BCUT2D eigenvalue weighted by Crippen LogP contribution is -2.23. The summed E-state index contributed by atoms with van der Waals surface area (Å²) in [4.78, 5) is 13.1. The van der Waals surface area contributed by atoms with E-state index in [1.165, 1.54) is 45.5 Å². The average molecular weight is 473 g/mol. The van der Waals surface area contributed by atoms with Gasteiger partial charge in [-0.25, -0.2) is 21.8 Å². The van der Waals surface area contributed by atoms with Crippen LogP contribution in [0.5, 0.6) is 5.75 Å². The minimum atomic E-state index is -3.79. The Bertz CT molecular complexity index is 1300. The number of anilines is 1. The summed E-state index contributed by atoms with van der Waals surface area (Å²) in [5.74, 6) is -0.604. The number of nitrogens with zero attached hydrogens (tertiary/aromatic N) is 3. The molecule has 0 saturated carbocycles. The van der Waals surface area contributed by atoms with Crippen LogP contribution in [0.3, 0.4) is 0 Å². The number of halogens is 1. The van der Waals surface area contributed by atoms with Crippen molar-refractivity contribution < 1.29 is 22.3 Å². The van der Waals surface area contributed by atoms with Crippen molar-refractivity contribution >= 4 is 21.6 Å². The molecule has 174 valence electrons. The Labute approximate surface area is 192 Å². The Balaban J connectivity index is 1.70. The highest BCUT2D eigenvalue weighted by Gasteiger charge is 2.27. The number of fused-ring (bicyclic) bond motifs is 1. The zero-order valence-corrected chi connectivity index (χ0v) is 19.4. The highest BCUT2D eigenvalue weighted by atomic mass is 32.2. The van der Waals surface area contributed by atoms with E-state index in [4.69, 9.17) is 4.74 Å². The van der Waals surface area contributed by atoms with Crippen LogP contribution in [0.2, 0.25) is 0 Å². The molecule has 1 aliphatic rings. The third kappa shape index (κ3) is 4.36. The van der Waals surface area contributed by atoms with E-state index < -0.39 is 15.9 Å². The molecule has 0 saturated heterocycles. The van der Waals surface area contributed by atoms with Crippen molar-refractivity contribution in [2.45, 2.75) is 30.6 Å². The molecule has 1 N–H and O–H groups in total. The molecular weight excluding hydrogens is 447 g/mol. The van der Waals surface area contributed by atoms with Crippen LogP contribution >= 0.6 is 0 Å². The van der Waals surface area contributed by atoms with Crippen molar-refractivity contribution in [1.29, 1.82) is 0 Å². The van der Waals surface area contributed by atoms with Gasteiger partial charge in [-0.3, -0.25) is 4.79 Å². The molecule has 0 bridgehead atoms. The highest BCUT2D eigenvalue weighted by Crippen LogP contribution is 2.31. The molecule has 3 aromatic rings. The van der Waals surface area contributed by atoms with Gasteiger partial charge in [0.25, 0.3) is 5.91 Å². The van der Waals surface area contributed by atoms with Crippen molar-refractivity contribution in [3.8, 4) is 11.4 Å². The summed E-state index contributed by atoms with van der Waals surface area (Å²) < 4.78 is 46.7. The first-order valence-electron chi connectivity index (χ1n) is 10.5. The Morgan fingerprint density at radius 3 is 2.48 bits per heavy atom. The summed E-state index contributed by atoms with van der Waals surface area (Å²) in [5, 5.41) is 7.32. The number of methoxy groups -OCH3 is 1. The van der Waals surface area contributed by atoms with E-state index in [1.54, 1.807) is 22.9 Å². The topological polar surface area (TPSA) is 93.5 Å². The SMILES string of the molecule is COc1ccc(NC(=O)c2nn(-c3ccc(F)cc3)c3c2CCCC3)cc1S(=O)(=O)N(C)C. The third-order valence-electron chi connectivity index (χ3n) is 5.65. The van der Waals surface area contributed by atoms with Crippen LogP contribution in [-0.4, -0.2) is 49.6 Å². The molecule has 0 unspecified atom stereocenters. The van der Waals surface area contributed by atoms with E-state index >= 15 is 0 Å². The molecule has 0 fully saturated rings. The van der Waals surface area contributed by atoms with Gasteiger partial charge in [0, 0.05) is 31.0 Å². The molecule has 8 nitrogen and oxygen atoms in total. The van der Waals surface area contributed by atoms with Crippen molar-refractivity contribution in [3.63, 3.8) is 0 Å². The Kier molecular flexibility index (Phi) is 6.22. The number of carbonyl (C=O) groups excluding carboxylic acids is 1. The predicted molar refractivity (Wildman–Crippen MR) is 122 cm³/mol. The minimum Gasteiger partial charge on any atom is -0.495 e. The molecule has 1 heterocycles. The number of hydrogen-bond acceptors (Lipinski definition) is 5. The number of sulfonamides is 1. The number of benzene rings is 2. The Morgan fingerprint density at radius 2 is 1.82 bits per heavy atom. The van der Waals surface area contributed by atoms with Crippen LogP contribution < -0.4 is 10.1 Å². The fourth-order valence-electron chi connectivity index (χ4n) is 3.92. The molecule has 0 radical (unpaired) electrons. The van der Waals surface area contributed by atoms with Crippen molar-refractivity contribution in [2.24, 2.45) is 0 Å². The van der Waals surface area contributed by atoms with Gasteiger partial charge in [-0.2, -0.15) is 5.10 Å². The number of ether oxygens (including phenoxy) is 1. The first-order valence-corrected chi connectivity index (χ1v) is 11.9. The van der Waals surface area contributed by atoms with Gasteiger partial charge in [0.1, 0.15) is 16.5 Å². The summed E-state index contributed by atoms with van der Waals surface area (Å²) >= 11 is 0. The van der Waals surface area contributed by atoms with E-state index in [2.05, 4.69) is 10.4 Å². The molecule has 4 rings (SSSR count). The monoisotopic (exact) mass is 472 g/mol. The normalized spacial score (nSPS) is 13.6. The predicted octanol–water partition coefficient (Wildman–Crippen LogP) is 3.40. The van der Waals surface area contributed by atoms with Gasteiger partial charge in [-0.05, 0) is 68.1 Å². The van der Waals surface area contributed by atoms with Gasteiger partial charge >= 0.3 is 0 Å². The summed E-state index contributed by atoms with van der Waals surface area (Å²) in [6.45, 7) is 0. The molecular formula is C23H25FN4O4S. The average Bonchev–Trinajstić information content (AvgIpc) is 3.19.